The van der Waals surface area contributed by atoms with Crippen LogP contribution in [0.25, 0.3) is 0 Å². The molecule has 0 fully saturated rings. The highest BCUT2D eigenvalue weighted by molar-refractivity contribution is 7.90. The number of carboxylic acids is 1. The van der Waals surface area contributed by atoms with E-state index in [1.165, 1.54) is 12.1 Å². The first kappa shape index (κ1) is 21.5. The summed E-state index contributed by atoms with van der Waals surface area (Å²) < 4.78 is 35.1. The van der Waals surface area contributed by atoms with Gasteiger partial charge in [-0.15, -0.1) is 4.72 Å². The Balaban J connectivity index is 2.40. The number of hydrogen-bond acceptors (Lipinski definition) is 4. The molecule has 0 saturated heterocycles. The van der Waals surface area contributed by atoms with Crippen molar-refractivity contribution in [3.05, 3.63) is 58.9 Å². The number of rotatable bonds is 7. The normalized spacial score (nSPS) is 13.9. The van der Waals surface area contributed by atoms with Gasteiger partial charge in [0.15, 0.2) is 11.6 Å². The van der Waals surface area contributed by atoms with Crippen molar-refractivity contribution >= 4 is 28.9 Å². The fourth-order valence-electron chi connectivity index (χ4n) is 2.21. The van der Waals surface area contributed by atoms with Crippen LogP contribution in [0.4, 0.5) is 4.39 Å². The summed E-state index contributed by atoms with van der Waals surface area (Å²) in [6.45, 7) is 5.20. The van der Waals surface area contributed by atoms with E-state index in [1.54, 1.807) is 51.1 Å². The quantitative estimate of drug-likeness (QED) is 0.635. The number of carboxylic acid groups (broad SMARTS) is 1. The van der Waals surface area contributed by atoms with Crippen LogP contribution in [0.5, 0.6) is 11.5 Å². The second kappa shape index (κ2) is 8.93. The average Bonchev–Trinajstić information content (AvgIpc) is 2.58. The maximum absolute atomic E-state index is 15.1. The van der Waals surface area contributed by atoms with Crippen LogP contribution in [-0.4, -0.2) is 20.4 Å². The Morgan fingerprint density at radius 2 is 1.93 bits per heavy atom. The summed E-state index contributed by atoms with van der Waals surface area (Å²) in [5, 5.41) is 9.24. The molecule has 0 radical (unpaired) electrons. The molecular weight excluding hydrogens is 393 g/mol. The lowest BCUT2D eigenvalue weighted by atomic mass is 10.0. The van der Waals surface area contributed by atoms with E-state index in [1.807, 2.05) is 0 Å². The lowest BCUT2D eigenvalue weighted by Crippen LogP contribution is -2.42. The van der Waals surface area contributed by atoms with Crippen LogP contribution < -0.4 is 9.46 Å². The molecule has 0 saturated carbocycles. The Morgan fingerprint density at radius 3 is 2.48 bits per heavy atom. The van der Waals surface area contributed by atoms with Gasteiger partial charge in [-0.25, -0.2) is 4.39 Å². The Hall–Kier alpha value is -1.80. The number of hydrogen-bond donors (Lipinski definition) is 2. The molecule has 2 N–H and O–H groups in total. The number of ether oxygens (including phenoxy) is 1. The summed E-state index contributed by atoms with van der Waals surface area (Å²) >= 11 is 4.48. The molecule has 2 aromatic rings. The van der Waals surface area contributed by atoms with E-state index in [-0.39, 0.29) is 16.3 Å². The van der Waals surface area contributed by atoms with Crippen molar-refractivity contribution in [2.24, 2.45) is 0 Å². The van der Waals surface area contributed by atoms with Crippen LogP contribution in [0.1, 0.15) is 38.8 Å². The van der Waals surface area contributed by atoms with Crippen LogP contribution in [0.2, 0.25) is 5.02 Å². The van der Waals surface area contributed by atoms with Gasteiger partial charge in [0, 0.05) is 16.9 Å². The van der Waals surface area contributed by atoms with E-state index in [0.29, 0.717) is 5.75 Å². The van der Waals surface area contributed by atoms with Crippen molar-refractivity contribution in [1.82, 2.24) is 4.72 Å². The number of carbonyl (C=O) groups is 1. The van der Waals surface area contributed by atoms with Crippen LogP contribution in [-0.2, 0) is 16.2 Å². The molecule has 2 aromatic carbocycles. The molecular formula is C19H21ClFNO4S. The fourth-order valence-corrected chi connectivity index (χ4v) is 3.22. The molecule has 2 rings (SSSR count). The van der Waals surface area contributed by atoms with Crippen LogP contribution >= 0.6 is 11.6 Å². The molecule has 5 nitrogen and oxygen atoms in total. The van der Waals surface area contributed by atoms with Gasteiger partial charge in [0.25, 0.3) is 0 Å². The molecule has 0 aliphatic heterocycles. The Kier molecular flexibility index (Phi) is 7.11. The predicted octanol–water partition coefficient (Wildman–Crippen LogP) is 4.84. The molecule has 2 atom stereocenters. The largest absolute Gasteiger partial charge is 0.598 e. The zero-order valence-electron chi connectivity index (χ0n) is 15.2. The zero-order valence-corrected chi connectivity index (χ0v) is 16.7. The van der Waals surface area contributed by atoms with Gasteiger partial charge in [-0.1, -0.05) is 35.9 Å². The zero-order chi connectivity index (χ0) is 20.2. The first-order valence-electron chi connectivity index (χ1n) is 8.20. The number of para-hydroxylation sites is 1. The third-order valence-electron chi connectivity index (χ3n) is 3.60. The molecule has 0 aliphatic rings. The van der Waals surface area contributed by atoms with Gasteiger partial charge in [0.2, 0.25) is 0 Å². The molecule has 146 valence electrons. The molecule has 27 heavy (non-hydrogen) atoms. The minimum atomic E-state index is -1.60. The fraction of sp³-hybridized carbons (Fsp3) is 0.316. The Morgan fingerprint density at radius 1 is 1.30 bits per heavy atom. The monoisotopic (exact) mass is 413 g/mol. The summed E-state index contributed by atoms with van der Waals surface area (Å²) in [5.41, 5.74) is 0.0188. The summed E-state index contributed by atoms with van der Waals surface area (Å²) in [6.07, 6.45) is -0.453. The molecule has 0 bridgehead atoms. The van der Waals surface area contributed by atoms with Crippen molar-refractivity contribution < 1.29 is 23.6 Å². The first-order chi connectivity index (χ1) is 12.6. The Bertz CT molecular complexity index is 798. The molecule has 0 amide bonds. The van der Waals surface area contributed by atoms with Gasteiger partial charge in [0.05, 0.1) is 17.5 Å². The standard InChI is InChI=1S/C19H21ClFNO4S/c1-19(2,3)27(25)22-15(11-16(23)24)13-9-10-14(20)18(17(13)21)26-12-7-5-4-6-8-12/h4-10,15,22H,11H2,1-3H3,(H,23,24)/t15?,27-/m1/s1. The van der Waals surface area contributed by atoms with Crippen molar-refractivity contribution in [3.63, 3.8) is 0 Å². The van der Waals surface area contributed by atoms with Gasteiger partial charge in [-0.2, -0.15) is 0 Å². The Labute approximate surface area is 165 Å². The second-order valence-electron chi connectivity index (χ2n) is 6.84. The average molecular weight is 414 g/mol. The topological polar surface area (TPSA) is 81.6 Å². The highest BCUT2D eigenvalue weighted by atomic mass is 35.5. The third-order valence-corrected chi connectivity index (χ3v) is 5.51. The molecule has 0 aliphatic carbocycles. The SMILES string of the molecule is CC(C)(C)[S@@+]([O-])NC(CC(=O)O)c1ccc(Cl)c(Oc2ccccc2)c1F. The molecule has 0 aromatic heterocycles. The summed E-state index contributed by atoms with van der Waals surface area (Å²) in [7, 11) is 0. The van der Waals surface area contributed by atoms with Crippen molar-refractivity contribution in [3.8, 4) is 11.5 Å². The van der Waals surface area contributed by atoms with Crippen molar-refractivity contribution in [2.45, 2.75) is 38.0 Å². The summed E-state index contributed by atoms with van der Waals surface area (Å²) in [5.74, 6) is -1.77. The number of benzene rings is 2. The van der Waals surface area contributed by atoms with E-state index < -0.39 is 40.4 Å². The minimum absolute atomic E-state index is 0.0188. The van der Waals surface area contributed by atoms with E-state index in [4.69, 9.17) is 16.3 Å². The number of halogens is 2. The van der Waals surface area contributed by atoms with Crippen LogP contribution in [0, 0.1) is 5.82 Å². The van der Waals surface area contributed by atoms with Gasteiger partial charge in [-0.05, 0) is 39.0 Å². The maximum Gasteiger partial charge on any atom is 0.305 e. The lowest BCUT2D eigenvalue weighted by Gasteiger charge is -2.28. The van der Waals surface area contributed by atoms with E-state index in [2.05, 4.69) is 4.72 Å². The van der Waals surface area contributed by atoms with Crippen LogP contribution in [0.3, 0.4) is 0 Å². The maximum atomic E-state index is 15.1. The van der Waals surface area contributed by atoms with Gasteiger partial charge in [-0.3, -0.25) is 4.79 Å². The predicted molar refractivity (Wildman–Crippen MR) is 104 cm³/mol. The van der Waals surface area contributed by atoms with Gasteiger partial charge >= 0.3 is 5.97 Å². The minimum Gasteiger partial charge on any atom is -0.598 e. The summed E-state index contributed by atoms with van der Waals surface area (Å²) in [6, 6.07) is 10.3. The van der Waals surface area contributed by atoms with Gasteiger partial charge in [0.1, 0.15) is 10.5 Å². The second-order valence-corrected chi connectivity index (χ2v) is 9.25. The molecule has 1 unspecified atom stereocenters. The van der Waals surface area contributed by atoms with Crippen molar-refractivity contribution in [2.75, 3.05) is 0 Å². The highest BCUT2D eigenvalue weighted by Crippen LogP contribution is 2.37. The molecule has 0 spiro atoms. The number of nitrogens with one attached hydrogen (secondary N) is 1. The smallest absolute Gasteiger partial charge is 0.305 e. The van der Waals surface area contributed by atoms with E-state index >= 15 is 4.39 Å². The van der Waals surface area contributed by atoms with E-state index in [0.717, 1.165) is 0 Å². The first-order valence-corrected chi connectivity index (χ1v) is 9.73. The van der Waals surface area contributed by atoms with E-state index in [9.17, 15) is 14.5 Å². The lowest BCUT2D eigenvalue weighted by molar-refractivity contribution is -0.137. The molecule has 0 heterocycles. The summed E-state index contributed by atoms with van der Waals surface area (Å²) in [4.78, 5) is 11.2. The third kappa shape index (κ3) is 5.84. The van der Waals surface area contributed by atoms with Crippen molar-refractivity contribution in [1.29, 1.82) is 0 Å². The van der Waals surface area contributed by atoms with Gasteiger partial charge < -0.3 is 14.4 Å². The molecule has 8 heteroatoms. The van der Waals surface area contributed by atoms with Crippen LogP contribution in [0.15, 0.2) is 42.5 Å². The highest BCUT2D eigenvalue weighted by Gasteiger charge is 2.33. The number of aliphatic carboxylic acids is 1.